The Morgan fingerprint density at radius 1 is 1.30 bits per heavy atom. The second-order valence-corrected chi connectivity index (χ2v) is 5.52. The number of benzene rings is 1. The van der Waals surface area contributed by atoms with E-state index in [9.17, 15) is 9.59 Å². The number of aryl methyl sites for hydroxylation is 1. The van der Waals surface area contributed by atoms with Crippen molar-refractivity contribution in [1.82, 2.24) is 15.3 Å². The van der Waals surface area contributed by atoms with E-state index in [1.165, 1.54) is 0 Å². The van der Waals surface area contributed by atoms with Gasteiger partial charge in [-0.2, -0.15) is 5.10 Å². The number of rotatable bonds is 4. The number of hydrazone groups is 1. The van der Waals surface area contributed by atoms with Crippen molar-refractivity contribution in [3.8, 4) is 0 Å². The van der Waals surface area contributed by atoms with Crippen LogP contribution in [-0.2, 0) is 16.6 Å². The Bertz CT molecular complexity index is 736. The molecule has 2 N–H and O–H groups in total. The molecule has 6 heteroatoms. The highest BCUT2D eigenvalue weighted by atomic mass is 16.2. The van der Waals surface area contributed by atoms with E-state index in [1.807, 2.05) is 60.3 Å². The van der Waals surface area contributed by atoms with E-state index in [1.54, 1.807) is 6.21 Å². The van der Waals surface area contributed by atoms with Crippen molar-refractivity contribution in [1.29, 1.82) is 0 Å². The van der Waals surface area contributed by atoms with E-state index < -0.39 is 5.92 Å². The lowest BCUT2D eigenvalue weighted by molar-refractivity contribution is -0.133. The van der Waals surface area contributed by atoms with Crippen molar-refractivity contribution in [2.24, 2.45) is 18.1 Å². The molecule has 0 spiro atoms. The summed E-state index contributed by atoms with van der Waals surface area (Å²) >= 11 is 0. The van der Waals surface area contributed by atoms with Gasteiger partial charge in [0.05, 0.1) is 11.9 Å². The fourth-order valence-electron chi connectivity index (χ4n) is 2.77. The Labute approximate surface area is 134 Å². The zero-order valence-corrected chi connectivity index (χ0v) is 12.8. The van der Waals surface area contributed by atoms with Crippen LogP contribution < -0.4 is 10.7 Å². The SMILES string of the molecule is Cn1cccc1/C=N/NC(=O)C1C(=O)NCC1c1ccccc1. The van der Waals surface area contributed by atoms with Gasteiger partial charge in [-0.1, -0.05) is 30.3 Å². The number of amides is 2. The normalized spacial score (nSPS) is 20.7. The number of carbonyl (C=O) groups is 2. The minimum atomic E-state index is -0.761. The van der Waals surface area contributed by atoms with Gasteiger partial charge in [0.2, 0.25) is 5.91 Å². The van der Waals surface area contributed by atoms with Crippen molar-refractivity contribution in [3.05, 3.63) is 59.9 Å². The number of aromatic nitrogens is 1. The average Bonchev–Trinajstić information content (AvgIpc) is 3.14. The van der Waals surface area contributed by atoms with Crippen LogP contribution in [0.3, 0.4) is 0 Å². The monoisotopic (exact) mass is 310 g/mol. The molecule has 0 aliphatic carbocycles. The first kappa shape index (κ1) is 15.0. The van der Waals surface area contributed by atoms with Crippen LogP contribution >= 0.6 is 0 Å². The van der Waals surface area contributed by atoms with Crippen LogP contribution in [-0.4, -0.2) is 29.1 Å². The molecule has 118 valence electrons. The van der Waals surface area contributed by atoms with Crippen LogP contribution in [0.5, 0.6) is 0 Å². The topological polar surface area (TPSA) is 75.5 Å². The van der Waals surface area contributed by atoms with Gasteiger partial charge in [-0.25, -0.2) is 5.43 Å². The lowest BCUT2D eigenvalue weighted by atomic mass is 9.88. The molecule has 1 saturated heterocycles. The van der Waals surface area contributed by atoms with Gasteiger partial charge < -0.3 is 9.88 Å². The Balaban J connectivity index is 1.71. The van der Waals surface area contributed by atoms with Crippen LogP contribution in [0.2, 0.25) is 0 Å². The third-order valence-corrected chi connectivity index (χ3v) is 4.05. The van der Waals surface area contributed by atoms with Crippen molar-refractivity contribution in [2.45, 2.75) is 5.92 Å². The van der Waals surface area contributed by atoms with Gasteiger partial charge in [0.1, 0.15) is 5.92 Å². The molecule has 0 bridgehead atoms. The summed E-state index contributed by atoms with van der Waals surface area (Å²) in [4.78, 5) is 24.4. The van der Waals surface area contributed by atoms with E-state index in [0.717, 1.165) is 11.3 Å². The maximum Gasteiger partial charge on any atom is 0.253 e. The summed E-state index contributed by atoms with van der Waals surface area (Å²) in [6, 6.07) is 13.3. The van der Waals surface area contributed by atoms with Crippen LogP contribution in [0, 0.1) is 5.92 Å². The van der Waals surface area contributed by atoms with E-state index in [0.29, 0.717) is 6.54 Å². The summed E-state index contributed by atoms with van der Waals surface area (Å²) in [7, 11) is 1.89. The van der Waals surface area contributed by atoms with Crippen LogP contribution in [0.1, 0.15) is 17.2 Å². The molecule has 6 nitrogen and oxygen atoms in total. The smallest absolute Gasteiger partial charge is 0.253 e. The van der Waals surface area contributed by atoms with E-state index in [-0.39, 0.29) is 17.7 Å². The highest BCUT2D eigenvalue weighted by molar-refractivity contribution is 6.03. The maximum atomic E-state index is 12.4. The van der Waals surface area contributed by atoms with Crippen molar-refractivity contribution >= 4 is 18.0 Å². The van der Waals surface area contributed by atoms with Crippen LogP contribution in [0.25, 0.3) is 0 Å². The van der Waals surface area contributed by atoms with Gasteiger partial charge in [-0.3, -0.25) is 9.59 Å². The summed E-state index contributed by atoms with van der Waals surface area (Å²) in [5.74, 6) is -1.58. The zero-order chi connectivity index (χ0) is 16.2. The third-order valence-electron chi connectivity index (χ3n) is 4.05. The van der Waals surface area contributed by atoms with Gasteiger partial charge in [-0.05, 0) is 17.7 Å². The molecule has 1 aromatic carbocycles. The van der Waals surface area contributed by atoms with Gasteiger partial charge in [0, 0.05) is 25.7 Å². The molecule has 1 aliphatic heterocycles. The quantitative estimate of drug-likeness (QED) is 0.502. The lowest BCUT2D eigenvalue weighted by Gasteiger charge is -2.15. The fraction of sp³-hybridized carbons (Fsp3) is 0.235. The van der Waals surface area contributed by atoms with Gasteiger partial charge in [-0.15, -0.1) is 0 Å². The van der Waals surface area contributed by atoms with Crippen LogP contribution in [0.15, 0.2) is 53.8 Å². The van der Waals surface area contributed by atoms with Crippen molar-refractivity contribution in [3.63, 3.8) is 0 Å². The molecule has 1 aromatic heterocycles. The number of hydrogen-bond donors (Lipinski definition) is 2. The highest BCUT2D eigenvalue weighted by Crippen LogP contribution is 2.28. The minimum absolute atomic E-state index is 0.172. The lowest BCUT2D eigenvalue weighted by Crippen LogP contribution is -2.34. The molecule has 0 saturated carbocycles. The fourth-order valence-corrected chi connectivity index (χ4v) is 2.77. The molecular weight excluding hydrogens is 292 g/mol. The Hall–Kier alpha value is -2.89. The predicted molar refractivity (Wildman–Crippen MR) is 86.8 cm³/mol. The molecule has 2 atom stereocenters. The second kappa shape index (κ2) is 6.48. The first-order valence-electron chi connectivity index (χ1n) is 7.43. The minimum Gasteiger partial charge on any atom is -0.355 e. The summed E-state index contributed by atoms with van der Waals surface area (Å²) in [6.45, 7) is 0.461. The predicted octanol–water partition coefficient (Wildman–Crippen LogP) is 1.00. The molecule has 2 amide bonds. The molecule has 2 heterocycles. The van der Waals surface area contributed by atoms with Crippen LogP contribution in [0.4, 0.5) is 0 Å². The summed E-state index contributed by atoms with van der Waals surface area (Å²) in [5, 5.41) is 6.71. The van der Waals surface area contributed by atoms with Gasteiger partial charge >= 0.3 is 0 Å². The molecule has 3 rings (SSSR count). The maximum absolute atomic E-state index is 12.4. The third kappa shape index (κ3) is 3.15. The first-order chi connectivity index (χ1) is 11.2. The summed E-state index contributed by atoms with van der Waals surface area (Å²) < 4.78 is 1.88. The number of nitrogens with zero attached hydrogens (tertiary/aromatic N) is 2. The molecular formula is C17H18N4O2. The van der Waals surface area contributed by atoms with Crippen molar-refractivity contribution < 1.29 is 9.59 Å². The number of carbonyl (C=O) groups excluding carboxylic acids is 2. The summed E-state index contributed by atoms with van der Waals surface area (Å²) in [5.41, 5.74) is 4.31. The largest absolute Gasteiger partial charge is 0.355 e. The standard InChI is InChI=1S/C17H18N4O2/c1-21-9-5-8-13(21)10-19-20-17(23)15-14(11-18-16(15)22)12-6-3-2-4-7-12/h2-10,14-15H,11H2,1H3,(H,18,22)(H,20,23)/b19-10+. The number of hydrogen-bond acceptors (Lipinski definition) is 3. The van der Waals surface area contributed by atoms with E-state index in [4.69, 9.17) is 0 Å². The molecule has 2 unspecified atom stereocenters. The molecule has 1 aliphatic rings. The Kier molecular flexibility index (Phi) is 4.23. The Morgan fingerprint density at radius 2 is 2.09 bits per heavy atom. The molecule has 0 radical (unpaired) electrons. The van der Waals surface area contributed by atoms with Crippen molar-refractivity contribution in [2.75, 3.05) is 6.54 Å². The first-order valence-corrected chi connectivity index (χ1v) is 7.43. The summed E-state index contributed by atoms with van der Waals surface area (Å²) in [6.07, 6.45) is 3.45. The molecule has 23 heavy (non-hydrogen) atoms. The van der Waals surface area contributed by atoms with E-state index >= 15 is 0 Å². The highest BCUT2D eigenvalue weighted by Gasteiger charge is 2.40. The molecule has 1 fully saturated rings. The van der Waals surface area contributed by atoms with Gasteiger partial charge in [0.15, 0.2) is 0 Å². The molecule has 2 aromatic rings. The van der Waals surface area contributed by atoms with Gasteiger partial charge in [0.25, 0.3) is 5.91 Å². The Morgan fingerprint density at radius 3 is 2.78 bits per heavy atom. The zero-order valence-electron chi connectivity index (χ0n) is 12.8. The van der Waals surface area contributed by atoms with E-state index in [2.05, 4.69) is 15.8 Å². The second-order valence-electron chi connectivity index (χ2n) is 5.52. The average molecular weight is 310 g/mol. The number of nitrogens with one attached hydrogen (secondary N) is 2.